The van der Waals surface area contributed by atoms with Crippen molar-refractivity contribution in [3.63, 3.8) is 0 Å². The van der Waals surface area contributed by atoms with E-state index in [0.29, 0.717) is 52.7 Å². The lowest BCUT2D eigenvalue weighted by atomic mass is 9.95. The predicted molar refractivity (Wildman–Crippen MR) is 148 cm³/mol. The number of carbonyl (C=O) groups excluding carboxylic acids is 1. The van der Waals surface area contributed by atoms with E-state index in [1.165, 1.54) is 15.9 Å². The first-order valence-corrected chi connectivity index (χ1v) is 13.6. The van der Waals surface area contributed by atoms with E-state index >= 15 is 0 Å². The van der Waals surface area contributed by atoms with Crippen LogP contribution in [0.1, 0.15) is 44.9 Å². The maximum absolute atomic E-state index is 13.9. The monoisotopic (exact) mass is 604 g/mol. The van der Waals surface area contributed by atoms with Gasteiger partial charge in [-0.1, -0.05) is 41.1 Å². The average Bonchev–Trinajstić information content (AvgIpc) is 3.12. The van der Waals surface area contributed by atoms with Gasteiger partial charge in [-0.15, -0.1) is 0 Å². The maximum Gasteiger partial charge on any atom is 0.338 e. The molecule has 7 nitrogen and oxygen atoms in total. The number of fused-ring (bicyclic) bond motifs is 1. The third-order valence-corrected chi connectivity index (χ3v) is 7.41. The lowest BCUT2D eigenvalue weighted by Gasteiger charge is -2.26. The summed E-state index contributed by atoms with van der Waals surface area (Å²) in [5, 5.41) is 0.491. The Morgan fingerprint density at radius 1 is 1.30 bits per heavy atom. The number of aromatic nitrogens is 1. The molecule has 0 amide bonds. The van der Waals surface area contributed by atoms with Crippen LogP contribution < -0.4 is 24.4 Å². The van der Waals surface area contributed by atoms with Gasteiger partial charge >= 0.3 is 5.97 Å². The Balaban J connectivity index is 2.01. The molecule has 0 unspecified atom stereocenters. The Bertz CT molecular complexity index is 1570. The fourth-order valence-corrected chi connectivity index (χ4v) is 6.23. The van der Waals surface area contributed by atoms with Gasteiger partial charge < -0.3 is 14.2 Å². The van der Waals surface area contributed by atoms with E-state index in [1.807, 2.05) is 38.1 Å². The molecule has 1 aromatic heterocycles. The number of halogens is 2. The van der Waals surface area contributed by atoms with E-state index in [2.05, 4.69) is 20.9 Å². The highest BCUT2D eigenvalue weighted by Crippen LogP contribution is 2.36. The topological polar surface area (TPSA) is 79.1 Å². The quantitative estimate of drug-likeness (QED) is 0.354. The molecule has 10 heteroatoms. The predicted octanol–water partition coefficient (Wildman–Crippen LogP) is 5.01. The van der Waals surface area contributed by atoms with Gasteiger partial charge in [0.1, 0.15) is 17.5 Å². The van der Waals surface area contributed by atoms with E-state index < -0.39 is 12.0 Å². The molecule has 0 fully saturated rings. The largest absolute Gasteiger partial charge is 0.495 e. The summed E-state index contributed by atoms with van der Waals surface area (Å²) in [5.41, 5.74) is 1.78. The van der Waals surface area contributed by atoms with Crippen molar-refractivity contribution >= 4 is 50.9 Å². The van der Waals surface area contributed by atoms with Crippen LogP contribution in [0, 0.1) is 0 Å². The standard InChI is InChI=1S/C27H26BrClN2O5S/c1-6-35-26(33)22-15(4)30-27-31(23(22)18-9-7-8-10-20(18)36-14(2)3)25(32)21(37-27)12-16-11-17(29)13-19(28)24(16)34-5/h7-14,23H,6H2,1-5H3/b21-12-/t23-/m1/s1. The van der Waals surface area contributed by atoms with Gasteiger partial charge in [0.2, 0.25) is 0 Å². The number of hydrogen-bond donors (Lipinski definition) is 0. The number of thiazole rings is 1. The fourth-order valence-electron chi connectivity index (χ4n) is 4.20. The van der Waals surface area contributed by atoms with E-state index in [-0.39, 0.29) is 18.3 Å². The molecule has 0 N–H and O–H groups in total. The zero-order valence-electron chi connectivity index (χ0n) is 21.0. The molecule has 194 valence electrons. The van der Waals surface area contributed by atoms with Gasteiger partial charge in [-0.05, 0) is 67.9 Å². The molecule has 2 aromatic carbocycles. The molecule has 4 rings (SSSR count). The third-order valence-electron chi connectivity index (χ3n) is 5.62. The van der Waals surface area contributed by atoms with Crippen LogP contribution in [-0.2, 0) is 9.53 Å². The zero-order chi connectivity index (χ0) is 26.9. The summed E-state index contributed by atoms with van der Waals surface area (Å²) in [6.07, 6.45) is 1.61. The highest BCUT2D eigenvalue weighted by Gasteiger charge is 2.35. The molecule has 0 radical (unpaired) electrons. The Morgan fingerprint density at radius 2 is 2.03 bits per heavy atom. The molecule has 0 saturated heterocycles. The summed E-state index contributed by atoms with van der Waals surface area (Å²) >= 11 is 11.0. The van der Waals surface area contributed by atoms with Crippen molar-refractivity contribution in [1.29, 1.82) is 0 Å². The molecule has 1 aliphatic rings. The van der Waals surface area contributed by atoms with Crippen molar-refractivity contribution in [3.05, 3.63) is 88.0 Å². The first-order chi connectivity index (χ1) is 17.7. The van der Waals surface area contributed by atoms with Gasteiger partial charge in [0, 0.05) is 16.1 Å². The first-order valence-electron chi connectivity index (χ1n) is 11.6. The normalized spacial score (nSPS) is 15.5. The minimum absolute atomic E-state index is 0.109. The average molecular weight is 606 g/mol. The lowest BCUT2D eigenvalue weighted by molar-refractivity contribution is -0.139. The van der Waals surface area contributed by atoms with Gasteiger partial charge in [-0.3, -0.25) is 9.36 Å². The Labute approximate surface area is 231 Å². The summed E-state index contributed by atoms with van der Waals surface area (Å²) in [4.78, 5) is 32.2. The molecular weight excluding hydrogens is 580 g/mol. The van der Waals surface area contributed by atoms with E-state index in [9.17, 15) is 9.59 Å². The second-order valence-corrected chi connectivity index (χ2v) is 10.8. The summed E-state index contributed by atoms with van der Waals surface area (Å²) in [5.74, 6) is 0.600. The number of ether oxygens (including phenoxy) is 3. The smallest absolute Gasteiger partial charge is 0.338 e. The molecule has 2 heterocycles. The Kier molecular flexibility index (Phi) is 8.26. The lowest BCUT2D eigenvalue weighted by Crippen LogP contribution is -2.40. The van der Waals surface area contributed by atoms with E-state index in [4.69, 9.17) is 25.8 Å². The summed E-state index contributed by atoms with van der Waals surface area (Å²) in [6, 6.07) is 10.1. The highest BCUT2D eigenvalue weighted by molar-refractivity contribution is 9.10. The molecule has 0 aliphatic carbocycles. The van der Waals surface area contributed by atoms with Gasteiger partial charge in [0.25, 0.3) is 5.56 Å². The van der Waals surface area contributed by atoms with Crippen molar-refractivity contribution in [3.8, 4) is 11.5 Å². The number of hydrogen-bond acceptors (Lipinski definition) is 7. The molecule has 0 bridgehead atoms. The van der Waals surface area contributed by atoms with Crippen LogP contribution in [0.2, 0.25) is 5.02 Å². The minimum atomic E-state index is -0.777. The van der Waals surface area contributed by atoms with Crippen LogP contribution in [-0.4, -0.2) is 30.4 Å². The second kappa shape index (κ2) is 11.2. The zero-order valence-corrected chi connectivity index (χ0v) is 24.2. The first kappa shape index (κ1) is 27.2. The number of esters is 1. The number of benzene rings is 2. The van der Waals surface area contributed by atoms with Gasteiger partial charge in [0.05, 0.1) is 40.1 Å². The minimum Gasteiger partial charge on any atom is -0.495 e. The van der Waals surface area contributed by atoms with Crippen LogP contribution >= 0.6 is 38.9 Å². The summed E-state index contributed by atoms with van der Waals surface area (Å²) in [6.45, 7) is 7.53. The second-order valence-electron chi connectivity index (χ2n) is 8.52. The highest BCUT2D eigenvalue weighted by atomic mass is 79.9. The maximum atomic E-state index is 13.9. The van der Waals surface area contributed by atoms with E-state index in [1.54, 1.807) is 39.2 Å². The van der Waals surface area contributed by atoms with Crippen molar-refractivity contribution in [2.75, 3.05) is 13.7 Å². The third kappa shape index (κ3) is 5.39. The number of allylic oxidation sites excluding steroid dienone is 1. The van der Waals surface area contributed by atoms with Crippen molar-refractivity contribution in [2.24, 2.45) is 4.99 Å². The number of para-hydroxylation sites is 1. The van der Waals surface area contributed by atoms with Crippen LogP contribution in [0.25, 0.3) is 6.08 Å². The fraction of sp³-hybridized carbons (Fsp3) is 0.296. The number of carbonyl (C=O) groups is 1. The van der Waals surface area contributed by atoms with Crippen LogP contribution in [0.3, 0.4) is 0 Å². The van der Waals surface area contributed by atoms with Crippen LogP contribution in [0.5, 0.6) is 11.5 Å². The molecule has 1 aliphatic heterocycles. The van der Waals surface area contributed by atoms with Crippen molar-refractivity contribution < 1.29 is 19.0 Å². The Hall–Kier alpha value is -2.88. The Morgan fingerprint density at radius 3 is 2.70 bits per heavy atom. The molecule has 3 aromatic rings. The van der Waals surface area contributed by atoms with Crippen LogP contribution in [0.15, 0.2) is 61.9 Å². The van der Waals surface area contributed by atoms with Crippen molar-refractivity contribution in [2.45, 2.75) is 39.8 Å². The molecule has 1 atom stereocenters. The number of methoxy groups -OCH3 is 1. The SMILES string of the molecule is CCOC(=O)C1=C(C)N=c2s/c(=C\c3cc(Cl)cc(Br)c3OC)c(=O)n2[C@@H]1c1ccccc1OC(C)C. The van der Waals surface area contributed by atoms with Crippen LogP contribution in [0.4, 0.5) is 0 Å². The molecule has 37 heavy (non-hydrogen) atoms. The molecule has 0 spiro atoms. The number of rotatable bonds is 7. The van der Waals surface area contributed by atoms with Gasteiger partial charge in [-0.2, -0.15) is 0 Å². The van der Waals surface area contributed by atoms with E-state index in [0.717, 1.165) is 0 Å². The summed E-state index contributed by atoms with van der Waals surface area (Å²) < 4.78 is 19.6. The number of nitrogens with zero attached hydrogens (tertiary/aromatic N) is 2. The van der Waals surface area contributed by atoms with Crippen molar-refractivity contribution in [1.82, 2.24) is 4.57 Å². The summed E-state index contributed by atoms with van der Waals surface area (Å²) in [7, 11) is 1.55. The van der Waals surface area contributed by atoms with Gasteiger partial charge in [-0.25, -0.2) is 9.79 Å². The van der Waals surface area contributed by atoms with Gasteiger partial charge in [0.15, 0.2) is 4.80 Å². The molecular formula is C27H26BrClN2O5S. The molecule has 0 saturated carbocycles.